The average molecular weight is 434 g/mol. The van der Waals surface area contributed by atoms with Crippen molar-refractivity contribution in [3.8, 4) is 0 Å². The lowest BCUT2D eigenvalue weighted by molar-refractivity contribution is -0.297. The van der Waals surface area contributed by atoms with Crippen LogP contribution in [0.3, 0.4) is 0 Å². The van der Waals surface area contributed by atoms with E-state index in [1.165, 1.54) is 0 Å². The molecule has 6 bridgehead atoms. The number of fused-ring (bicyclic) bond motifs is 16. The molecule has 1 aromatic heterocycles. The minimum absolute atomic E-state index is 0.00513. The fourth-order valence-corrected chi connectivity index (χ4v) is 9.31. The molecule has 3 heterocycles. The molecule has 164 valence electrons. The summed E-state index contributed by atoms with van der Waals surface area (Å²) in [5.41, 5.74) is -3.84. The summed E-state index contributed by atoms with van der Waals surface area (Å²) in [5.74, 6) is -4.52. The van der Waals surface area contributed by atoms with E-state index in [1.807, 2.05) is 0 Å². The van der Waals surface area contributed by atoms with Gasteiger partial charge < -0.3 is 9.15 Å². The van der Waals surface area contributed by atoms with E-state index in [4.69, 9.17) is 9.15 Å². The van der Waals surface area contributed by atoms with Gasteiger partial charge in [0.15, 0.2) is 11.2 Å². The minimum atomic E-state index is -4.84. The Labute approximate surface area is 167 Å². The Hall–Kier alpha value is -1.32. The highest BCUT2D eigenvalue weighted by Gasteiger charge is 2.90. The molecule has 0 aromatic carbocycles. The molecular formula is C20H20F6N2O2. The van der Waals surface area contributed by atoms with Crippen LogP contribution in [0.4, 0.5) is 26.3 Å². The van der Waals surface area contributed by atoms with E-state index in [0.717, 1.165) is 25.7 Å². The van der Waals surface area contributed by atoms with E-state index in [-0.39, 0.29) is 29.6 Å². The molecule has 0 amide bonds. The first-order valence-electron chi connectivity index (χ1n) is 10.8. The molecule has 10 atom stereocenters. The third kappa shape index (κ3) is 1.74. The molecule has 7 rings (SSSR count). The van der Waals surface area contributed by atoms with Gasteiger partial charge in [-0.15, -0.1) is 10.2 Å². The summed E-state index contributed by atoms with van der Waals surface area (Å²) in [7, 11) is 0. The van der Waals surface area contributed by atoms with E-state index in [2.05, 4.69) is 10.2 Å². The van der Waals surface area contributed by atoms with Crippen molar-refractivity contribution in [2.24, 2.45) is 47.3 Å². The van der Waals surface area contributed by atoms with Crippen molar-refractivity contribution >= 4 is 0 Å². The number of halogens is 6. The van der Waals surface area contributed by atoms with Crippen molar-refractivity contribution in [2.75, 3.05) is 0 Å². The molecule has 4 aliphatic carbocycles. The third-order valence-corrected chi connectivity index (χ3v) is 9.60. The maximum absolute atomic E-state index is 14.9. The van der Waals surface area contributed by atoms with Crippen molar-refractivity contribution in [2.45, 2.75) is 62.1 Å². The maximum atomic E-state index is 14.9. The lowest BCUT2D eigenvalue weighted by Gasteiger charge is -2.50. The fraction of sp³-hybridized carbons (Fsp3) is 0.900. The predicted octanol–water partition coefficient (Wildman–Crippen LogP) is 4.95. The van der Waals surface area contributed by atoms with E-state index in [1.54, 1.807) is 0 Å². The number of nitrogens with zero attached hydrogens (tertiary/aromatic N) is 2. The molecule has 0 spiro atoms. The van der Waals surface area contributed by atoms with E-state index in [9.17, 15) is 26.3 Å². The van der Waals surface area contributed by atoms with Crippen LogP contribution in [0.15, 0.2) is 4.42 Å². The summed E-state index contributed by atoms with van der Waals surface area (Å²) in [6, 6.07) is 0. The lowest BCUT2D eigenvalue weighted by atomic mass is 9.50. The largest absolute Gasteiger partial charge is 0.470 e. The first-order valence-corrected chi connectivity index (χ1v) is 10.8. The van der Waals surface area contributed by atoms with Crippen molar-refractivity contribution in [1.82, 2.24) is 10.2 Å². The molecule has 4 nitrogen and oxygen atoms in total. The molecule has 0 N–H and O–H groups in total. The van der Waals surface area contributed by atoms with Crippen molar-refractivity contribution in [3.63, 3.8) is 0 Å². The Morgan fingerprint density at radius 3 is 1.67 bits per heavy atom. The highest BCUT2D eigenvalue weighted by molar-refractivity contribution is 5.34. The van der Waals surface area contributed by atoms with E-state index >= 15 is 0 Å². The molecule has 10 heteroatoms. The van der Waals surface area contributed by atoms with Gasteiger partial charge in [-0.3, -0.25) is 0 Å². The standard InChI is InChI=1S/C20H20F6N2O2/c21-19(22,23)16-28-27-15(29-16)17-11-7-1-3-9(5-7)13(11)18(30-17,20(24,25)26)14-10-4-2-8(6-10)12(14)17/h7-14H,1-6H2/t7?,8?,9?,10?,11-,12+,13+,14-,17?,18?. The second kappa shape index (κ2) is 5.02. The summed E-state index contributed by atoms with van der Waals surface area (Å²) in [5, 5.41) is 6.88. The van der Waals surface area contributed by atoms with Gasteiger partial charge in [-0.05, 0) is 62.2 Å². The smallest absolute Gasteiger partial charge is 0.414 e. The quantitative estimate of drug-likeness (QED) is 0.587. The average Bonchev–Trinajstić information content (AvgIpc) is 3.51. The molecule has 2 aliphatic heterocycles. The molecule has 6 aliphatic rings. The first kappa shape index (κ1) is 18.3. The first-order chi connectivity index (χ1) is 14.1. The van der Waals surface area contributed by atoms with Crippen LogP contribution in [0.5, 0.6) is 0 Å². The highest BCUT2D eigenvalue weighted by Crippen LogP contribution is 2.83. The monoisotopic (exact) mass is 434 g/mol. The van der Waals surface area contributed by atoms with Gasteiger partial charge in [-0.25, -0.2) is 0 Å². The number of ether oxygens (including phenoxy) is 1. The summed E-state index contributed by atoms with van der Waals surface area (Å²) < 4.78 is 95.5. The number of hydrogen-bond donors (Lipinski definition) is 0. The number of aromatic nitrogens is 2. The molecule has 6 fully saturated rings. The van der Waals surface area contributed by atoms with Gasteiger partial charge >= 0.3 is 18.2 Å². The second-order valence-electron chi connectivity index (χ2n) is 10.4. The van der Waals surface area contributed by atoms with Gasteiger partial charge in [-0.1, -0.05) is 0 Å². The van der Waals surface area contributed by atoms with Crippen LogP contribution >= 0.6 is 0 Å². The van der Waals surface area contributed by atoms with Crippen molar-refractivity contribution in [1.29, 1.82) is 0 Å². The maximum Gasteiger partial charge on any atom is 0.470 e. The van der Waals surface area contributed by atoms with Crippen LogP contribution in [0.25, 0.3) is 0 Å². The number of alkyl halides is 6. The van der Waals surface area contributed by atoms with Gasteiger partial charge in [0.05, 0.1) is 0 Å². The summed E-state index contributed by atoms with van der Waals surface area (Å²) in [6.45, 7) is 0. The van der Waals surface area contributed by atoms with Crippen LogP contribution in [0.2, 0.25) is 0 Å². The summed E-state index contributed by atoms with van der Waals surface area (Å²) >= 11 is 0. The summed E-state index contributed by atoms with van der Waals surface area (Å²) in [4.78, 5) is 0. The van der Waals surface area contributed by atoms with E-state index < -0.39 is 53.1 Å². The molecular weight excluding hydrogens is 414 g/mol. The highest BCUT2D eigenvalue weighted by atomic mass is 19.4. The summed E-state index contributed by atoms with van der Waals surface area (Å²) in [6.07, 6.45) is -5.02. The zero-order valence-electron chi connectivity index (χ0n) is 15.8. The second-order valence-corrected chi connectivity index (χ2v) is 10.4. The van der Waals surface area contributed by atoms with Crippen LogP contribution in [0.1, 0.15) is 50.3 Å². The van der Waals surface area contributed by atoms with Crippen LogP contribution in [0, 0.1) is 47.3 Å². The Balaban J connectivity index is 1.48. The molecule has 6 unspecified atom stereocenters. The Bertz CT molecular complexity index is 891. The van der Waals surface area contributed by atoms with Crippen LogP contribution < -0.4 is 0 Å². The van der Waals surface area contributed by atoms with Gasteiger partial charge in [0.25, 0.3) is 0 Å². The molecule has 2 saturated heterocycles. The number of rotatable bonds is 1. The number of hydrogen-bond acceptors (Lipinski definition) is 4. The van der Waals surface area contributed by atoms with Gasteiger partial charge in [0, 0.05) is 23.7 Å². The predicted molar refractivity (Wildman–Crippen MR) is 86.5 cm³/mol. The fourth-order valence-electron chi connectivity index (χ4n) is 9.31. The van der Waals surface area contributed by atoms with Crippen molar-refractivity contribution < 1.29 is 35.5 Å². The van der Waals surface area contributed by atoms with Gasteiger partial charge in [0.1, 0.15) is 0 Å². The van der Waals surface area contributed by atoms with Crippen molar-refractivity contribution in [3.05, 3.63) is 11.8 Å². The van der Waals surface area contributed by atoms with E-state index in [0.29, 0.717) is 12.8 Å². The lowest BCUT2D eigenvalue weighted by Crippen LogP contribution is -2.61. The molecule has 0 radical (unpaired) electrons. The van der Waals surface area contributed by atoms with Gasteiger partial charge in [0.2, 0.25) is 5.89 Å². The molecule has 4 saturated carbocycles. The Morgan fingerprint density at radius 1 is 0.733 bits per heavy atom. The minimum Gasteiger partial charge on any atom is -0.414 e. The van der Waals surface area contributed by atoms with Crippen LogP contribution in [-0.4, -0.2) is 22.0 Å². The topological polar surface area (TPSA) is 48.2 Å². The zero-order chi connectivity index (χ0) is 20.8. The van der Waals surface area contributed by atoms with Crippen LogP contribution in [-0.2, 0) is 16.5 Å². The normalized spacial score (nSPS) is 53.0. The Kier molecular flexibility index (Phi) is 3.05. The third-order valence-electron chi connectivity index (χ3n) is 9.60. The Morgan fingerprint density at radius 2 is 1.23 bits per heavy atom. The molecule has 1 aromatic rings. The SMILES string of the molecule is FC(F)(F)c1nnc(C23OC(C(F)(F)F)([C@@H]4C5CCC(C5)[C@@H]42)[C@H]2C4CCC(C4)[C@H]23)o1. The molecule has 30 heavy (non-hydrogen) atoms. The zero-order valence-corrected chi connectivity index (χ0v) is 15.8. The van der Waals surface area contributed by atoms with Gasteiger partial charge in [-0.2, -0.15) is 26.3 Å².